The summed E-state index contributed by atoms with van der Waals surface area (Å²) in [6.07, 6.45) is 1.25. The van der Waals surface area contributed by atoms with Gasteiger partial charge in [-0.15, -0.1) is 30.3 Å². The molecular weight excluding hydrogens is 1170 g/mol. The molecule has 8 N–H and O–H groups in total. The van der Waals surface area contributed by atoms with Crippen molar-refractivity contribution in [1.29, 1.82) is 10.5 Å². The van der Waals surface area contributed by atoms with Gasteiger partial charge in [0.05, 0.1) is 12.1 Å². The van der Waals surface area contributed by atoms with Crippen LogP contribution in [0.25, 0.3) is 24.6 Å². The number of hydrogen-bond donors (Lipinski definition) is 0. The zero-order chi connectivity index (χ0) is 23.3. The van der Waals surface area contributed by atoms with Crippen molar-refractivity contribution in [2.45, 2.75) is 26.7 Å². The number of hydrogen-bond acceptors (Lipinski definition) is 4. The smallest absolute Gasteiger partial charge is 0.693 e. The predicted molar refractivity (Wildman–Crippen MR) is 194 cm³/mol. The summed E-state index contributed by atoms with van der Waals surface area (Å²) in [5.41, 5.74) is 0. The summed E-state index contributed by atoms with van der Waals surface area (Å²) in [6, 6.07) is 3.86. The molecule has 0 aromatic carbocycles. The molecule has 2 atom stereocenters. The summed E-state index contributed by atoms with van der Waals surface area (Å²) in [6.45, 7) is 3.64. The van der Waals surface area contributed by atoms with E-state index >= 15 is 0 Å². The van der Waals surface area contributed by atoms with Crippen LogP contribution in [0, 0.1) is 22.7 Å². The minimum absolute atomic E-state index is 0. The van der Waals surface area contributed by atoms with Gasteiger partial charge in [0, 0.05) is 124 Å². The minimum atomic E-state index is -0.472. The van der Waals surface area contributed by atoms with Gasteiger partial charge < -0.3 is 24.6 Å². The van der Waals surface area contributed by atoms with Crippen LogP contribution in [0.4, 0.5) is 0 Å². The number of nitrogens with zero attached hydrogens (tertiary/aromatic N) is 2. The van der Waals surface area contributed by atoms with Crippen LogP contribution in [0.1, 0.15) is 26.7 Å². The van der Waals surface area contributed by atoms with Crippen molar-refractivity contribution in [3.05, 3.63) is 24.6 Å². The van der Waals surface area contributed by atoms with E-state index in [0.29, 0.717) is 12.8 Å². The first kappa shape index (κ1) is 71.5. The summed E-state index contributed by atoms with van der Waals surface area (Å²) in [5, 5.41) is 15.2. The normalized spacial score (nSPS) is 5.18. The van der Waals surface area contributed by atoms with Crippen LogP contribution in [0.15, 0.2) is 0 Å². The van der Waals surface area contributed by atoms with Gasteiger partial charge in [-0.25, -0.2) is 0 Å². The molecule has 215 valence electrons. The van der Waals surface area contributed by atoms with E-state index in [1.54, 1.807) is 89.8 Å². The van der Waals surface area contributed by atoms with Crippen LogP contribution in [0.5, 0.6) is 0 Å². The van der Waals surface area contributed by atoms with Crippen molar-refractivity contribution in [3.63, 3.8) is 0 Å². The van der Waals surface area contributed by atoms with Gasteiger partial charge in [0.1, 0.15) is 0 Å². The Morgan fingerprint density at radius 1 is 0.758 bits per heavy atom. The first-order chi connectivity index (χ1) is 13.6. The third-order valence-corrected chi connectivity index (χ3v) is 20.6. The van der Waals surface area contributed by atoms with Gasteiger partial charge in [-0.05, 0) is 0 Å². The Hall–Kier alpha value is 5.29. The van der Waals surface area contributed by atoms with E-state index in [2.05, 4.69) is 49.7 Å². The molecule has 27 heteroatoms. The topological polar surface area (TPSA) is 182 Å². The number of halogens is 4. The molecule has 0 aromatic rings. The van der Waals surface area contributed by atoms with Gasteiger partial charge >= 0.3 is 63.5 Å². The van der Waals surface area contributed by atoms with E-state index in [9.17, 15) is 0 Å². The number of nitrogens with two attached hydrogens (primary N) is 4. The molecule has 0 spiro atoms. The Balaban J connectivity index is -0.0000000219. The van der Waals surface area contributed by atoms with Crippen LogP contribution >= 0.6 is 66.5 Å². The Morgan fingerprint density at radius 2 is 0.879 bits per heavy atom. The van der Waals surface area contributed by atoms with Gasteiger partial charge in [-0.2, -0.15) is 10.5 Å². The second-order valence-electron chi connectivity index (χ2n) is 1.92. The second-order valence-corrected chi connectivity index (χ2v) is 27.2. The number of nitriles is 2. The van der Waals surface area contributed by atoms with E-state index in [0.717, 1.165) is 7.96 Å². The van der Waals surface area contributed by atoms with Crippen LogP contribution in [-0.4, -0.2) is 0 Å². The summed E-state index contributed by atoms with van der Waals surface area (Å²) < 4.78 is 0. The Labute approximate surface area is 281 Å². The van der Waals surface area contributed by atoms with Crippen molar-refractivity contribution < 1.29 is 35.3 Å². The molecule has 0 rings (SSSR count). The molecule has 0 heterocycles. The molecule has 0 amide bonds. The van der Waals surface area contributed by atoms with Crippen LogP contribution in [-0.2, 0) is 146 Å². The molecule has 0 radical (unpaired) electrons. The zero-order valence-corrected chi connectivity index (χ0v) is 37.1. The first-order valence-corrected chi connectivity index (χ1v) is 33.1. The fourth-order valence-electron chi connectivity index (χ4n) is 0.0907. The van der Waals surface area contributed by atoms with Gasteiger partial charge in [-0.3, -0.25) is 0 Å². The maximum atomic E-state index is 7.62. The minimum Gasteiger partial charge on any atom is -0.693 e. The predicted octanol–water partition coefficient (Wildman–Crippen LogP) is 8.41. The molecule has 0 fully saturated rings. The largest absolute Gasteiger partial charge is 0.693 e. The molecule has 0 aromatic heterocycles. The van der Waals surface area contributed by atoms with Crippen molar-refractivity contribution >= 4 is 178 Å². The monoisotopic (exact) mass is 1190 g/mol. The van der Waals surface area contributed by atoms with Crippen molar-refractivity contribution in [2.24, 2.45) is 0 Å². The summed E-state index contributed by atoms with van der Waals surface area (Å²) >= 11 is 10.5. The van der Waals surface area contributed by atoms with E-state index in [1.165, 1.54) is 17.8 Å². The molecule has 2 unspecified atom stereocenters. The van der Waals surface area contributed by atoms with Crippen LogP contribution in [0.3, 0.4) is 0 Å². The van der Waals surface area contributed by atoms with E-state index < -0.39 is 16.5 Å². The van der Waals surface area contributed by atoms with Gasteiger partial charge in [-0.1, -0.05) is 21.8 Å². The SMILES string of the molecule is CCC#N.CCC#N.Cl.PPP.S=S=S=S=S=S=S=S=S=S=S=S.[Cl][Pt+2][Cl].[Cl][Pt].[NH2-].[NH2-].[NH2-].[NH2-]. The zero-order valence-electron chi connectivity index (χ0n) is 16.3. The maximum absolute atomic E-state index is 7.62. The maximum Gasteiger partial charge on any atom is -0.693 e. The Kier molecular flexibility index (Phi) is 235. The Bertz CT molecular complexity index is 726. The van der Waals surface area contributed by atoms with Gasteiger partial charge in [0.25, 0.3) is 0 Å². The van der Waals surface area contributed by atoms with Gasteiger partial charge in [0.2, 0.25) is 0 Å². The van der Waals surface area contributed by atoms with E-state index in [4.69, 9.17) is 29.4 Å². The average Bonchev–Trinajstić information content (AvgIpc) is 2.73. The number of rotatable bonds is 0. The molecule has 0 aliphatic rings. The quantitative estimate of drug-likeness (QED) is 0.221. The molecule has 0 saturated heterocycles. The molecule has 33 heavy (non-hydrogen) atoms. The molecule has 0 aliphatic carbocycles. The standard InChI is InChI=1S/2C3H5N.4ClH.4H2N.H5P3.2Pt.S12/c2*1-2-3-4;;;;;;;;;1-3-2;;;1-3-5-7-9-11-12-10-8-6-4-2/h2*2H2,1H3;4*1H;4*1H2;3H,1-2H2;;;/q;;;;;;4*-1;;+1;+4;/p-3. The molecular formula is C6H24Cl4N6P3Pt2S12-2. The van der Waals surface area contributed by atoms with E-state index in [1.807, 2.05) is 26.0 Å². The summed E-state index contributed by atoms with van der Waals surface area (Å²) in [4.78, 5) is 0. The molecule has 0 saturated carbocycles. The summed E-state index contributed by atoms with van der Waals surface area (Å²) in [7, 11) is 36.7. The summed E-state index contributed by atoms with van der Waals surface area (Å²) in [5.74, 6) is 0. The Morgan fingerprint density at radius 3 is 0.970 bits per heavy atom. The van der Waals surface area contributed by atoms with E-state index in [-0.39, 0.29) is 37.0 Å². The molecule has 0 bridgehead atoms. The third-order valence-electron chi connectivity index (χ3n) is 0.566. The van der Waals surface area contributed by atoms with Crippen LogP contribution < -0.4 is 0 Å². The third kappa shape index (κ3) is 175. The fraction of sp³-hybridized carbons (Fsp3) is 0.667. The second kappa shape index (κ2) is 108. The average molecular weight is 1190 g/mol. The van der Waals surface area contributed by atoms with Gasteiger partial charge in [0.15, 0.2) is 0 Å². The van der Waals surface area contributed by atoms with Crippen LogP contribution in [0.2, 0.25) is 0 Å². The van der Waals surface area contributed by atoms with Crippen molar-refractivity contribution in [3.8, 4) is 12.1 Å². The first-order valence-electron chi connectivity index (χ1n) is 5.34. The molecule has 0 aliphatic heterocycles. The van der Waals surface area contributed by atoms with Crippen molar-refractivity contribution in [2.75, 3.05) is 0 Å². The molecule has 6 nitrogen and oxygen atoms in total. The fourth-order valence-corrected chi connectivity index (χ4v) is 22.0. The van der Waals surface area contributed by atoms with Crippen molar-refractivity contribution in [1.82, 2.24) is 0 Å².